The van der Waals surface area contributed by atoms with Crippen LogP contribution >= 0.6 is 15.9 Å². The molecule has 0 bridgehead atoms. The number of benzene rings is 2. The smallest absolute Gasteiger partial charge is 0.252 e. The molecule has 1 unspecified atom stereocenters. The topological polar surface area (TPSA) is 58.6 Å². The van der Waals surface area contributed by atoms with Crippen LogP contribution in [0.1, 0.15) is 28.4 Å². The minimum absolute atomic E-state index is 0.203. The minimum atomic E-state index is -0.588. The summed E-state index contributed by atoms with van der Waals surface area (Å²) in [6.07, 6.45) is -0.132. The van der Waals surface area contributed by atoms with Crippen LogP contribution in [0, 0.1) is 0 Å². The van der Waals surface area contributed by atoms with Crippen molar-refractivity contribution in [1.82, 2.24) is 5.32 Å². The number of aliphatic hydroxyl groups excluding tert-OH is 1. The highest BCUT2D eigenvalue weighted by atomic mass is 79.9. The molecule has 2 aromatic rings. The van der Waals surface area contributed by atoms with E-state index < -0.39 is 6.10 Å². The Kier molecular flexibility index (Phi) is 5.98. The van der Waals surface area contributed by atoms with Gasteiger partial charge in [-0.3, -0.25) is 4.79 Å². The van der Waals surface area contributed by atoms with Gasteiger partial charge in [0.05, 0.1) is 18.8 Å². The van der Waals surface area contributed by atoms with Crippen molar-refractivity contribution in [3.05, 3.63) is 64.1 Å². The molecule has 0 aliphatic rings. The third-order valence-corrected chi connectivity index (χ3v) is 4.00. The molecule has 0 aromatic heterocycles. The van der Waals surface area contributed by atoms with Gasteiger partial charge in [0.2, 0.25) is 0 Å². The van der Waals surface area contributed by atoms with E-state index in [0.29, 0.717) is 28.8 Å². The summed E-state index contributed by atoms with van der Waals surface area (Å²) in [6, 6.07) is 14.6. The van der Waals surface area contributed by atoms with Crippen molar-refractivity contribution in [2.75, 3.05) is 13.7 Å². The second-order valence-corrected chi connectivity index (χ2v) is 5.67. The fourth-order valence-electron chi connectivity index (χ4n) is 2.06. The van der Waals surface area contributed by atoms with Crippen LogP contribution in [-0.2, 0) is 0 Å². The number of amides is 1. The van der Waals surface area contributed by atoms with E-state index >= 15 is 0 Å². The summed E-state index contributed by atoms with van der Waals surface area (Å²) >= 11 is 3.35. The number of carbonyl (C=O) groups is 1. The van der Waals surface area contributed by atoms with E-state index in [-0.39, 0.29) is 5.91 Å². The van der Waals surface area contributed by atoms with Crippen LogP contribution in [-0.4, -0.2) is 24.7 Å². The molecule has 1 amide bonds. The zero-order chi connectivity index (χ0) is 15.9. The lowest BCUT2D eigenvalue weighted by molar-refractivity contribution is 0.0941. The highest BCUT2D eigenvalue weighted by Gasteiger charge is 2.12. The van der Waals surface area contributed by atoms with Crippen LogP contribution in [0.3, 0.4) is 0 Å². The first-order valence-corrected chi connectivity index (χ1v) is 7.76. The molecule has 0 aliphatic carbocycles. The molecule has 2 rings (SSSR count). The Balaban J connectivity index is 1.90. The van der Waals surface area contributed by atoms with Gasteiger partial charge in [-0.25, -0.2) is 0 Å². The molecule has 0 fully saturated rings. The van der Waals surface area contributed by atoms with Crippen molar-refractivity contribution in [2.24, 2.45) is 0 Å². The predicted molar refractivity (Wildman–Crippen MR) is 89.0 cm³/mol. The molecular weight excluding hydrogens is 346 g/mol. The van der Waals surface area contributed by atoms with E-state index in [1.807, 2.05) is 30.3 Å². The average molecular weight is 364 g/mol. The van der Waals surface area contributed by atoms with Crippen molar-refractivity contribution in [3.8, 4) is 5.75 Å². The second-order valence-electron chi connectivity index (χ2n) is 4.82. The van der Waals surface area contributed by atoms with E-state index in [9.17, 15) is 9.90 Å². The molecule has 0 aliphatic heterocycles. The van der Waals surface area contributed by atoms with Gasteiger partial charge in [-0.15, -0.1) is 0 Å². The molecule has 0 saturated heterocycles. The number of aliphatic hydroxyl groups is 1. The van der Waals surface area contributed by atoms with Crippen LogP contribution in [0.2, 0.25) is 0 Å². The standard InChI is InChI=1S/C17H18BrNO3/c1-22-13-7-8-15(18)14(11-13)17(21)19-10-9-16(20)12-5-3-2-4-6-12/h2-8,11,16,20H,9-10H2,1H3,(H,19,21). The fraction of sp³-hybridized carbons (Fsp3) is 0.235. The summed E-state index contributed by atoms with van der Waals surface area (Å²) < 4.78 is 5.82. The van der Waals surface area contributed by atoms with E-state index in [0.717, 1.165) is 5.56 Å². The van der Waals surface area contributed by atoms with Gasteiger partial charge in [-0.1, -0.05) is 30.3 Å². The van der Waals surface area contributed by atoms with Gasteiger partial charge >= 0.3 is 0 Å². The summed E-state index contributed by atoms with van der Waals surface area (Å²) in [5.74, 6) is 0.420. The third-order valence-electron chi connectivity index (χ3n) is 3.31. The highest BCUT2D eigenvalue weighted by molar-refractivity contribution is 9.10. The molecule has 0 spiro atoms. The molecule has 2 N–H and O–H groups in total. The number of nitrogens with one attached hydrogen (secondary N) is 1. The molecule has 0 radical (unpaired) electrons. The van der Waals surface area contributed by atoms with Gasteiger partial charge in [-0.2, -0.15) is 0 Å². The fourth-order valence-corrected chi connectivity index (χ4v) is 2.49. The SMILES string of the molecule is COc1ccc(Br)c(C(=O)NCCC(O)c2ccccc2)c1. The summed E-state index contributed by atoms with van der Waals surface area (Å²) in [5, 5.41) is 12.9. The Morgan fingerprint density at radius 3 is 2.68 bits per heavy atom. The molecule has 22 heavy (non-hydrogen) atoms. The van der Waals surface area contributed by atoms with Crippen LogP contribution in [0.5, 0.6) is 5.75 Å². The number of halogens is 1. The van der Waals surface area contributed by atoms with Gasteiger partial charge in [0.1, 0.15) is 5.75 Å². The second kappa shape index (κ2) is 7.96. The molecule has 0 heterocycles. The Morgan fingerprint density at radius 2 is 2.00 bits per heavy atom. The predicted octanol–water partition coefficient (Wildman–Crippen LogP) is 3.31. The van der Waals surface area contributed by atoms with Crippen molar-refractivity contribution in [1.29, 1.82) is 0 Å². The monoisotopic (exact) mass is 363 g/mol. The maximum Gasteiger partial charge on any atom is 0.252 e. The van der Waals surface area contributed by atoms with Crippen LogP contribution in [0.4, 0.5) is 0 Å². The number of hydrogen-bond donors (Lipinski definition) is 2. The lowest BCUT2D eigenvalue weighted by Gasteiger charge is -2.12. The van der Waals surface area contributed by atoms with Crippen molar-refractivity contribution >= 4 is 21.8 Å². The first-order chi connectivity index (χ1) is 10.6. The highest BCUT2D eigenvalue weighted by Crippen LogP contribution is 2.22. The summed E-state index contributed by atoms with van der Waals surface area (Å²) in [5.41, 5.74) is 1.35. The lowest BCUT2D eigenvalue weighted by atomic mass is 10.1. The minimum Gasteiger partial charge on any atom is -0.497 e. The Labute approximate surface area is 138 Å². The Hall–Kier alpha value is -1.85. The molecule has 116 valence electrons. The third kappa shape index (κ3) is 4.32. The lowest BCUT2D eigenvalue weighted by Crippen LogP contribution is -2.26. The number of rotatable bonds is 6. The Bertz CT molecular complexity index is 631. The largest absolute Gasteiger partial charge is 0.497 e. The Morgan fingerprint density at radius 1 is 1.27 bits per heavy atom. The van der Waals surface area contributed by atoms with E-state index in [1.165, 1.54) is 0 Å². The number of hydrogen-bond acceptors (Lipinski definition) is 3. The van der Waals surface area contributed by atoms with Crippen LogP contribution < -0.4 is 10.1 Å². The zero-order valence-corrected chi connectivity index (χ0v) is 13.8. The number of ether oxygens (including phenoxy) is 1. The normalized spacial score (nSPS) is 11.8. The van der Waals surface area contributed by atoms with Crippen LogP contribution in [0.15, 0.2) is 53.0 Å². The molecule has 5 heteroatoms. The van der Waals surface area contributed by atoms with E-state index in [4.69, 9.17) is 4.74 Å². The van der Waals surface area contributed by atoms with Gasteiger partial charge in [-0.05, 0) is 46.1 Å². The first kappa shape index (κ1) is 16.5. The number of methoxy groups -OCH3 is 1. The first-order valence-electron chi connectivity index (χ1n) is 6.96. The molecule has 4 nitrogen and oxygen atoms in total. The van der Waals surface area contributed by atoms with Crippen molar-refractivity contribution in [2.45, 2.75) is 12.5 Å². The van der Waals surface area contributed by atoms with Gasteiger partial charge in [0.25, 0.3) is 5.91 Å². The van der Waals surface area contributed by atoms with Crippen LogP contribution in [0.25, 0.3) is 0 Å². The van der Waals surface area contributed by atoms with Crippen molar-refractivity contribution in [3.63, 3.8) is 0 Å². The van der Waals surface area contributed by atoms with Gasteiger partial charge in [0, 0.05) is 11.0 Å². The van der Waals surface area contributed by atoms with Crippen molar-refractivity contribution < 1.29 is 14.6 Å². The summed E-state index contributed by atoms with van der Waals surface area (Å²) in [7, 11) is 1.56. The number of carbonyl (C=O) groups excluding carboxylic acids is 1. The van der Waals surface area contributed by atoms with E-state index in [2.05, 4.69) is 21.2 Å². The molecule has 1 atom stereocenters. The van der Waals surface area contributed by atoms with Gasteiger partial charge in [0.15, 0.2) is 0 Å². The molecule has 2 aromatic carbocycles. The zero-order valence-electron chi connectivity index (χ0n) is 12.3. The quantitative estimate of drug-likeness (QED) is 0.827. The van der Waals surface area contributed by atoms with E-state index in [1.54, 1.807) is 25.3 Å². The average Bonchev–Trinajstić information content (AvgIpc) is 2.55. The van der Waals surface area contributed by atoms with Gasteiger partial charge < -0.3 is 15.2 Å². The molecule has 0 saturated carbocycles. The summed E-state index contributed by atoms with van der Waals surface area (Å²) in [6.45, 7) is 0.387. The maximum absolute atomic E-state index is 12.2. The maximum atomic E-state index is 12.2. The molecular formula is C17H18BrNO3. The summed E-state index contributed by atoms with van der Waals surface area (Å²) in [4.78, 5) is 12.2.